The van der Waals surface area contributed by atoms with Crippen LogP contribution in [0.15, 0.2) is 64.4 Å². The quantitative estimate of drug-likeness (QED) is 0.612. The predicted octanol–water partition coefficient (Wildman–Crippen LogP) is 3.69. The van der Waals surface area contributed by atoms with Crippen LogP contribution in [0, 0.1) is 0 Å². The van der Waals surface area contributed by atoms with Gasteiger partial charge in [-0.2, -0.15) is 0 Å². The zero-order chi connectivity index (χ0) is 18.1. The molecule has 0 unspecified atom stereocenters. The Hall–Kier alpha value is -3.08. The van der Waals surface area contributed by atoms with E-state index in [1.807, 2.05) is 54.6 Å². The second-order valence-electron chi connectivity index (χ2n) is 6.50. The van der Waals surface area contributed by atoms with Crippen LogP contribution < -0.4 is 5.69 Å². The van der Waals surface area contributed by atoms with Crippen LogP contribution in [0.5, 0.6) is 5.88 Å². The smallest absolute Gasteiger partial charge is 0.331 e. The van der Waals surface area contributed by atoms with Crippen LogP contribution in [-0.2, 0) is 13.1 Å². The molecule has 0 amide bonds. The molecule has 0 spiro atoms. The molecule has 2 aromatic carbocycles. The lowest BCUT2D eigenvalue weighted by Gasteiger charge is -2.07. The van der Waals surface area contributed by atoms with Crippen molar-refractivity contribution in [2.45, 2.75) is 32.9 Å². The maximum atomic E-state index is 13.0. The van der Waals surface area contributed by atoms with Crippen molar-refractivity contribution in [2.75, 3.05) is 0 Å². The number of hydrogen-bond donors (Lipinski definition) is 1. The fourth-order valence-electron chi connectivity index (χ4n) is 3.37. The fraction of sp³-hybridized carbons (Fsp3) is 0.238. The average Bonchev–Trinajstić information content (AvgIpc) is 2.82. The Bertz CT molecular complexity index is 1030. The van der Waals surface area contributed by atoms with Crippen molar-refractivity contribution in [3.05, 3.63) is 81.9 Å². The third-order valence-electron chi connectivity index (χ3n) is 4.76. The summed E-state index contributed by atoms with van der Waals surface area (Å²) < 4.78 is 3.11. The Kier molecular flexibility index (Phi) is 4.21. The lowest BCUT2D eigenvalue weighted by molar-refractivity contribution is 0.408. The van der Waals surface area contributed by atoms with Crippen molar-refractivity contribution in [2.24, 2.45) is 4.99 Å². The van der Waals surface area contributed by atoms with E-state index < -0.39 is 0 Å². The highest BCUT2D eigenvalue weighted by Crippen LogP contribution is 2.30. The molecule has 0 aliphatic carbocycles. The molecule has 1 N–H and O–H groups in total. The second kappa shape index (κ2) is 6.67. The zero-order valence-electron chi connectivity index (χ0n) is 14.7. The van der Waals surface area contributed by atoms with E-state index in [9.17, 15) is 9.90 Å². The molecule has 0 bridgehead atoms. The molecule has 0 atom stereocenters. The Morgan fingerprint density at radius 1 is 1.08 bits per heavy atom. The van der Waals surface area contributed by atoms with Gasteiger partial charge in [-0.15, -0.1) is 0 Å². The van der Waals surface area contributed by atoms with Gasteiger partial charge in [0.1, 0.15) is 11.4 Å². The van der Waals surface area contributed by atoms with Crippen LogP contribution in [0.4, 0.5) is 5.69 Å². The Labute approximate surface area is 151 Å². The van der Waals surface area contributed by atoms with Crippen LogP contribution >= 0.6 is 0 Å². The average molecular weight is 347 g/mol. The lowest BCUT2D eigenvalue weighted by Crippen LogP contribution is -2.26. The van der Waals surface area contributed by atoms with Gasteiger partial charge >= 0.3 is 5.69 Å². The molecular weight excluding hydrogens is 326 g/mol. The maximum absolute atomic E-state index is 13.0. The molecule has 1 aromatic heterocycles. The van der Waals surface area contributed by atoms with Crippen LogP contribution in [0.1, 0.15) is 36.6 Å². The standard InChI is InChI=1S/C21H21N3O2/c1-2-3-13-23-20(25)19-18(15-9-5-4-6-10-15)22-17-12-8-7-11-16(17)14-24(19)21(23)26/h4-12,25H,2-3,13-14H2,1H3. The monoisotopic (exact) mass is 347 g/mol. The van der Waals surface area contributed by atoms with Crippen molar-refractivity contribution in [3.63, 3.8) is 0 Å². The normalized spacial score (nSPS) is 12.9. The highest BCUT2D eigenvalue weighted by molar-refractivity contribution is 6.14. The minimum Gasteiger partial charge on any atom is -0.493 e. The number of nitrogens with zero attached hydrogens (tertiary/aromatic N) is 3. The molecular formula is C21H21N3O2. The minimum absolute atomic E-state index is 0.00106. The van der Waals surface area contributed by atoms with Crippen molar-refractivity contribution >= 4 is 11.4 Å². The SMILES string of the molecule is CCCCn1c(O)c2n(c1=O)Cc1ccccc1N=C2c1ccccc1. The van der Waals surface area contributed by atoms with Crippen molar-refractivity contribution < 1.29 is 5.11 Å². The van der Waals surface area contributed by atoms with E-state index in [0.717, 1.165) is 29.7 Å². The van der Waals surface area contributed by atoms with Gasteiger partial charge in [0.25, 0.3) is 0 Å². The summed E-state index contributed by atoms with van der Waals surface area (Å²) in [4.78, 5) is 17.8. The summed E-state index contributed by atoms with van der Waals surface area (Å²) >= 11 is 0. The van der Waals surface area contributed by atoms with Gasteiger partial charge in [0.05, 0.1) is 12.2 Å². The summed E-state index contributed by atoms with van der Waals surface area (Å²) in [7, 11) is 0. The molecule has 1 aliphatic rings. The number of aromatic hydroxyl groups is 1. The molecule has 132 valence electrons. The van der Waals surface area contributed by atoms with E-state index >= 15 is 0 Å². The fourth-order valence-corrected chi connectivity index (χ4v) is 3.37. The third kappa shape index (κ3) is 2.65. The summed E-state index contributed by atoms with van der Waals surface area (Å²) in [6.45, 7) is 2.97. The highest BCUT2D eigenvalue weighted by Gasteiger charge is 2.27. The summed E-state index contributed by atoms with van der Waals surface area (Å²) in [5.74, 6) is -0.00106. The summed E-state index contributed by atoms with van der Waals surface area (Å²) in [6, 6.07) is 17.5. The van der Waals surface area contributed by atoms with E-state index in [0.29, 0.717) is 24.5 Å². The molecule has 2 heterocycles. The van der Waals surface area contributed by atoms with Crippen molar-refractivity contribution in [1.82, 2.24) is 9.13 Å². The number of aliphatic imine (C=N–C) groups is 1. The summed E-state index contributed by atoms with van der Waals surface area (Å²) in [6.07, 6.45) is 1.79. The van der Waals surface area contributed by atoms with Gasteiger partial charge in [0, 0.05) is 12.1 Å². The number of unbranched alkanes of at least 4 members (excludes halogenated alkanes) is 1. The number of aromatic nitrogens is 2. The Morgan fingerprint density at radius 2 is 1.81 bits per heavy atom. The number of fused-ring (bicyclic) bond motifs is 2. The van der Waals surface area contributed by atoms with Crippen LogP contribution in [-0.4, -0.2) is 20.0 Å². The van der Waals surface area contributed by atoms with Gasteiger partial charge in [-0.05, 0) is 18.1 Å². The minimum atomic E-state index is -0.189. The number of para-hydroxylation sites is 1. The first kappa shape index (κ1) is 16.4. The summed E-state index contributed by atoms with van der Waals surface area (Å²) in [5.41, 5.74) is 3.60. The molecule has 3 aromatic rings. The van der Waals surface area contributed by atoms with Crippen molar-refractivity contribution in [1.29, 1.82) is 0 Å². The van der Waals surface area contributed by atoms with Gasteiger partial charge in [-0.1, -0.05) is 61.9 Å². The third-order valence-corrected chi connectivity index (χ3v) is 4.76. The first-order valence-electron chi connectivity index (χ1n) is 8.95. The van der Waals surface area contributed by atoms with Crippen molar-refractivity contribution in [3.8, 4) is 5.88 Å². The zero-order valence-corrected chi connectivity index (χ0v) is 14.7. The molecule has 0 saturated carbocycles. The van der Waals surface area contributed by atoms with E-state index in [1.165, 1.54) is 4.57 Å². The number of benzene rings is 2. The predicted molar refractivity (Wildman–Crippen MR) is 103 cm³/mol. The lowest BCUT2D eigenvalue weighted by atomic mass is 10.1. The molecule has 26 heavy (non-hydrogen) atoms. The molecule has 1 aliphatic heterocycles. The largest absolute Gasteiger partial charge is 0.493 e. The van der Waals surface area contributed by atoms with Gasteiger partial charge in [0.15, 0.2) is 0 Å². The number of hydrogen-bond acceptors (Lipinski definition) is 3. The molecule has 5 nitrogen and oxygen atoms in total. The first-order valence-corrected chi connectivity index (χ1v) is 8.95. The van der Waals surface area contributed by atoms with E-state index in [4.69, 9.17) is 4.99 Å². The van der Waals surface area contributed by atoms with Crippen LogP contribution in [0.3, 0.4) is 0 Å². The van der Waals surface area contributed by atoms with Crippen LogP contribution in [0.2, 0.25) is 0 Å². The van der Waals surface area contributed by atoms with E-state index in [-0.39, 0.29) is 11.6 Å². The maximum Gasteiger partial charge on any atom is 0.331 e. The Balaban J connectivity index is 1.99. The van der Waals surface area contributed by atoms with E-state index in [2.05, 4.69) is 6.92 Å². The van der Waals surface area contributed by atoms with Crippen LogP contribution in [0.25, 0.3) is 0 Å². The molecule has 4 rings (SSSR count). The second-order valence-corrected chi connectivity index (χ2v) is 6.50. The molecule has 0 fully saturated rings. The highest BCUT2D eigenvalue weighted by atomic mass is 16.3. The topological polar surface area (TPSA) is 59.5 Å². The first-order chi connectivity index (χ1) is 12.7. The Morgan fingerprint density at radius 3 is 2.58 bits per heavy atom. The molecule has 0 radical (unpaired) electrons. The number of rotatable bonds is 4. The van der Waals surface area contributed by atoms with Gasteiger partial charge in [-0.3, -0.25) is 9.13 Å². The molecule has 5 heteroatoms. The van der Waals surface area contributed by atoms with Gasteiger partial charge < -0.3 is 5.11 Å². The van der Waals surface area contributed by atoms with E-state index in [1.54, 1.807) is 4.57 Å². The van der Waals surface area contributed by atoms with Gasteiger partial charge in [-0.25, -0.2) is 9.79 Å². The molecule has 0 saturated heterocycles. The van der Waals surface area contributed by atoms with Gasteiger partial charge in [0.2, 0.25) is 5.88 Å². The summed E-state index contributed by atoms with van der Waals surface area (Å²) in [5, 5.41) is 10.9. The number of imidazole rings is 1.